The smallest absolute Gasteiger partial charge is 0.311 e. The van der Waals surface area contributed by atoms with E-state index in [9.17, 15) is 9.59 Å². The molecule has 9 heteroatoms. The molecule has 0 unspecified atom stereocenters. The Morgan fingerprint density at radius 3 is 2.24 bits per heavy atom. The Kier molecular flexibility index (Phi) is 11.8. The van der Waals surface area contributed by atoms with Crippen molar-refractivity contribution in [3.05, 3.63) is 29.3 Å². The van der Waals surface area contributed by atoms with Gasteiger partial charge in [-0.15, -0.1) is 0 Å². The highest BCUT2D eigenvalue weighted by Crippen LogP contribution is 2.34. The molecule has 1 aromatic rings. The van der Waals surface area contributed by atoms with Crippen LogP contribution in [0.15, 0.2) is 12.1 Å². The van der Waals surface area contributed by atoms with Gasteiger partial charge in [0.2, 0.25) is 5.91 Å². The van der Waals surface area contributed by atoms with Crippen molar-refractivity contribution in [2.24, 2.45) is 5.41 Å². The molecule has 0 bridgehead atoms. The van der Waals surface area contributed by atoms with Crippen LogP contribution in [0.5, 0.6) is 0 Å². The summed E-state index contributed by atoms with van der Waals surface area (Å²) in [6.07, 6.45) is 2.76. The number of carbonyl (C=O) groups excluding carboxylic acids is 2. The molecule has 1 aromatic carbocycles. The van der Waals surface area contributed by atoms with E-state index in [4.69, 9.17) is 4.74 Å². The Morgan fingerprint density at radius 2 is 1.65 bits per heavy atom. The van der Waals surface area contributed by atoms with Crippen LogP contribution in [0, 0.1) is 17.0 Å². The number of benzene rings is 1. The fourth-order valence-corrected chi connectivity index (χ4v) is 5.22. The molecule has 0 atom stereocenters. The highest BCUT2D eigenvalue weighted by Gasteiger charge is 2.41. The molecule has 3 saturated heterocycles. The summed E-state index contributed by atoms with van der Waals surface area (Å²) in [5.41, 5.74) is -0.507. The molecule has 3 fully saturated rings. The third kappa shape index (κ3) is 7.63. The average Bonchev–Trinajstić information content (AvgIpc) is 2.90. The quantitative estimate of drug-likeness (QED) is 0.562. The molecule has 1 amide bonds. The molecule has 0 saturated carbocycles. The van der Waals surface area contributed by atoms with Crippen LogP contribution in [0.25, 0.3) is 0 Å². The summed E-state index contributed by atoms with van der Waals surface area (Å²) in [5, 5.41) is 6.35. The molecule has 0 aromatic heterocycles. The Morgan fingerprint density at radius 1 is 1.03 bits per heavy atom. The predicted octanol–water partition coefficient (Wildman–Crippen LogP) is 4.24. The van der Waals surface area contributed by atoms with Gasteiger partial charge in [-0.2, -0.15) is 0 Å². The van der Waals surface area contributed by atoms with Crippen molar-refractivity contribution in [1.82, 2.24) is 15.5 Å². The van der Waals surface area contributed by atoms with Crippen molar-refractivity contribution in [1.29, 1.82) is 0 Å². The number of likely N-dealkylation sites (tertiary alicyclic amines) is 1. The first-order valence-electron chi connectivity index (χ1n) is 13.9. The summed E-state index contributed by atoms with van der Waals surface area (Å²) >= 11 is 0. The van der Waals surface area contributed by atoms with Crippen LogP contribution in [0.1, 0.15) is 72.8 Å². The number of hydrogen-bond acceptors (Lipinski definition) is 6. The van der Waals surface area contributed by atoms with E-state index in [1.807, 2.05) is 39.5 Å². The van der Waals surface area contributed by atoms with Gasteiger partial charge in [0.15, 0.2) is 0 Å². The summed E-state index contributed by atoms with van der Waals surface area (Å²) in [4.78, 5) is 28.3. The van der Waals surface area contributed by atoms with E-state index in [2.05, 4.69) is 10.6 Å². The van der Waals surface area contributed by atoms with E-state index in [0.717, 1.165) is 25.9 Å². The first-order valence-corrected chi connectivity index (χ1v) is 13.9. The number of esters is 1. The molecule has 0 aliphatic carbocycles. The van der Waals surface area contributed by atoms with E-state index in [1.165, 1.54) is 12.1 Å². The number of anilines is 1. The Labute approximate surface area is 221 Å². The summed E-state index contributed by atoms with van der Waals surface area (Å²) in [7, 11) is 0. The molecule has 3 heterocycles. The van der Waals surface area contributed by atoms with Gasteiger partial charge in [0.05, 0.1) is 29.8 Å². The van der Waals surface area contributed by atoms with E-state index < -0.39 is 22.6 Å². The lowest BCUT2D eigenvalue weighted by Crippen LogP contribution is -2.66. The van der Waals surface area contributed by atoms with Gasteiger partial charge in [0, 0.05) is 24.7 Å². The zero-order valence-electron chi connectivity index (χ0n) is 23.5. The van der Waals surface area contributed by atoms with Gasteiger partial charge in [-0.25, -0.2) is 8.78 Å². The molecule has 37 heavy (non-hydrogen) atoms. The predicted molar refractivity (Wildman–Crippen MR) is 143 cm³/mol. The minimum absolute atomic E-state index is 0.0173. The molecule has 0 radical (unpaired) electrons. The van der Waals surface area contributed by atoms with Crippen molar-refractivity contribution >= 4 is 17.6 Å². The first-order chi connectivity index (χ1) is 17.7. The first kappa shape index (κ1) is 31.0. The van der Waals surface area contributed by atoms with Crippen LogP contribution in [-0.4, -0.2) is 68.2 Å². The number of hydrogen-bond donors (Lipinski definition) is 2. The highest BCUT2D eigenvalue weighted by molar-refractivity contribution is 5.84. The number of amides is 1. The maximum absolute atomic E-state index is 15.1. The van der Waals surface area contributed by atoms with Crippen molar-refractivity contribution in [2.45, 2.75) is 79.3 Å². The van der Waals surface area contributed by atoms with E-state index >= 15 is 8.78 Å². The summed E-state index contributed by atoms with van der Waals surface area (Å²) < 4.78 is 35.4. The van der Waals surface area contributed by atoms with Crippen molar-refractivity contribution < 1.29 is 23.1 Å². The number of ether oxygens (including phenoxy) is 1. The lowest BCUT2D eigenvalue weighted by molar-refractivity contribution is -0.157. The largest absolute Gasteiger partial charge is 0.466 e. The van der Waals surface area contributed by atoms with Gasteiger partial charge in [-0.1, -0.05) is 27.7 Å². The molecule has 4 rings (SSSR count). The second-order valence-corrected chi connectivity index (χ2v) is 9.89. The van der Waals surface area contributed by atoms with Gasteiger partial charge in [0.25, 0.3) is 0 Å². The third-order valence-electron chi connectivity index (χ3n) is 7.37. The number of halogens is 2. The van der Waals surface area contributed by atoms with Crippen LogP contribution in [-0.2, 0) is 20.9 Å². The Balaban J connectivity index is 0.00000115. The highest BCUT2D eigenvalue weighted by atomic mass is 19.1. The van der Waals surface area contributed by atoms with Crippen molar-refractivity contribution in [2.75, 3.05) is 50.8 Å². The average molecular weight is 525 g/mol. The van der Waals surface area contributed by atoms with Crippen molar-refractivity contribution in [3.8, 4) is 0 Å². The number of piperazine rings is 1. The van der Waals surface area contributed by atoms with Gasteiger partial charge in [0.1, 0.15) is 11.6 Å². The van der Waals surface area contributed by atoms with E-state index in [-0.39, 0.29) is 36.2 Å². The Bertz CT molecular complexity index is 898. The number of rotatable bonds is 5. The summed E-state index contributed by atoms with van der Waals surface area (Å²) in [5.74, 6) is -1.35. The maximum atomic E-state index is 15.1. The van der Waals surface area contributed by atoms with Gasteiger partial charge >= 0.3 is 5.97 Å². The molecule has 7 nitrogen and oxygen atoms in total. The fraction of sp³-hybridized carbons (Fsp3) is 0.714. The maximum Gasteiger partial charge on any atom is 0.311 e. The molecular formula is C28H46F2N4O3. The van der Waals surface area contributed by atoms with Gasteiger partial charge in [-0.05, 0) is 71.8 Å². The molecule has 210 valence electrons. The topological polar surface area (TPSA) is 73.9 Å². The van der Waals surface area contributed by atoms with Crippen LogP contribution in [0.4, 0.5) is 14.5 Å². The minimum Gasteiger partial charge on any atom is -0.466 e. The second kappa shape index (κ2) is 14.0. The lowest BCUT2D eigenvalue weighted by atomic mass is 9.80. The molecule has 1 spiro atoms. The fourth-order valence-electron chi connectivity index (χ4n) is 5.22. The Hall–Kier alpha value is -2.26. The molecule has 3 aliphatic heterocycles. The third-order valence-corrected chi connectivity index (χ3v) is 7.37. The van der Waals surface area contributed by atoms with Crippen LogP contribution < -0.4 is 15.5 Å². The van der Waals surface area contributed by atoms with Gasteiger partial charge in [-0.3, -0.25) is 14.5 Å². The lowest BCUT2D eigenvalue weighted by Gasteiger charge is -2.46. The van der Waals surface area contributed by atoms with Crippen LogP contribution in [0.2, 0.25) is 0 Å². The normalized spacial score (nSPS) is 20.6. The van der Waals surface area contributed by atoms with Crippen molar-refractivity contribution in [3.63, 3.8) is 0 Å². The summed E-state index contributed by atoms with van der Waals surface area (Å²) in [6.45, 7) is 15.6. The summed E-state index contributed by atoms with van der Waals surface area (Å²) in [6, 6.07) is 2.48. The van der Waals surface area contributed by atoms with Crippen LogP contribution in [0.3, 0.4) is 0 Å². The molecule has 2 N–H and O–H groups in total. The zero-order valence-corrected chi connectivity index (χ0v) is 23.5. The standard InChI is InChI=1S/C24H34F2N4O3.2C2H6/c1-3-33-22(32)23(2)6-10-29(11-7-23)14-17-12-19(26)20(13-18(17)25)30-15-21(31)28-24(16-30)4-8-27-9-5-24;2*1-2/h12-13,27H,3-11,14-16H2,1-2H3,(H,28,31);2*1-2H3. The van der Waals surface area contributed by atoms with E-state index in [0.29, 0.717) is 39.1 Å². The zero-order chi connectivity index (χ0) is 27.6. The number of nitrogens with one attached hydrogen (secondary N) is 2. The SMILES string of the molecule is CC.CC.CCOC(=O)C1(C)CCN(Cc2cc(F)c(N3CC(=O)NC4(CCNCC4)C3)cc2F)CC1. The number of nitrogens with zero attached hydrogens (tertiary/aromatic N) is 2. The number of piperidine rings is 2. The second-order valence-electron chi connectivity index (χ2n) is 9.89. The van der Waals surface area contributed by atoms with E-state index in [1.54, 1.807) is 11.8 Å². The number of carbonyl (C=O) groups is 2. The minimum atomic E-state index is -0.528. The molecule has 3 aliphatic rings. The molecular weight excluding hydrogens is 478 g/mol. The monoisotopic (exact) mass is 524 g/mol. The van der Waals surface area contributed by atoms with Crippen LogP contribution >= 0.6 is 0 Å². The van der Waals surface area contributed by atoms with Gasteiger partial charge < -0.3 is 20.3 Å².